The van der Waals surface area contributed by atoms with Gasteiger partial charge in [0.25, 0.3) is 0 Å². The highest BCUT2D eigenvalue weighted by molar-refractivity contribution is 5.76. The first-order valence-corrected chi connectivity index (χ1v) is 7.29. The van der Waals surface area contributed by atoms with Crippen molar-refractivity contribution in [3.63, 3.8) is 0 Å². The molecule has 0 spiro atoms. The van der Waals surface area contributed by atoms with Gasteiger partial charge in [0, 0.05) is 5.69 Å². The Labute approximate surface area is 130 Å². The van der Waals surface area contributed by atoms with Crippen molar-refractivity contribution >= 4 is 11.7 Å². The molecular formula is C18H21NO3. The van der Waals surface area contributed by atoms with E-state index in [-0.39, 0.29) is 6.10 Å². The van der Waals surface area contributed by atoms with Crippen LogP contribution in [0.1, 0.15) is 30.9 Å². The minimum absolute atomic E-state index is 0.0858. The van der Waals surface area contributed by atoms with E-state index in [4.69, 9.17) is 10.5 Å². The molecule has 4 nitrogen and oxygen atoms in total. The molecule has 0 amide bonds. The van der Waals surface area contributed by atoms with Crippen molar-refractivity contribution < 1.29 is 14.6 Å². The zero-order valence-electron chi connectivity index (χ0n) is 12.8. The molecule has 1 unspecified atom stereocenters. The Morgan fingerprint density at radius 3 is 2.45 bits per heavy atom. The Morgan fingerprint density at radius 2 is 1.86 bits per heavy atom. The van der Waals surface area contributed by atoms with Crippen molar-refractivity contribution in [2.45, 2.75) is 32.3 Å². The topological polar surface area (TPSA) is 72.5 Å². The Kier molecular flexibility index (Phi) is 5.04. The van der Waals surface area contributed by atoms with Gasteiger partial charge in [-0.15, -0.1) is 0 Å². The highest BCUT2D eigenvalue weighted by atomic mass is 16.5. The first-order valence-electron chi connectivity index (χ1n) is 7.29. The standard InChI is InChI=1S/C18H21NO3/c1-12(2)22-16-5-3-4-13(10-16)11-17(18(20)21)14-6-8-15(19)9-7-14/h3-10,12,17H,11,19H2,1-2H3,(H,20,21). The molecule has 0 aliphatic carbocycles. The normalized spacial score (nSPS) is 12.1. The first kappa shape index (κ1) is 15.9. The molecule has 22 heavy (non-hydrogen) atoms. The van der Waals surface area contributed by atoms with Crippen LogP contribution in [0.15, 0.2) is 48.5 Å². The van der Waals surface area contributed by atoms with Crippen LogP contribution >= 0.6 is 0 Å². The summed E-state index contributed by atoms with van der Waals surface area (Å²) in [5.74, 6) is -0.691. The Balaban J connectivity index is 2.21. The predicted octanol–water partition coefficient (Wildman–Crippen LogP) is 3.47. The summed E-state index contributed by atoms with van der Waals surface area (Å²) in [6.45, 7) is 3.92. The molecule has 0 bridgehead atoms. The van der Waals surface area contributed by atoms with Crippen molar-refractivity contribution in [1.82, 2.24) is 0 Å². The summed E-state index contributed by atoms with van der Waals surface area (Å²) in [6, 6.07) is 14.6. The van der Waals surface area contributed by atoms with E-state index in [0.717, 1.165) is 16.9 Å². The maximum Gasteiger partial charge on any atom is 0.311 e. The number of rotatable bonds is 6. The number of hydrogen-bond acceptors (Lipinski definition) is 3. The third kappa shape index (κ3) is 4.25. The molecular weight excluding hydrogens is 278 g/mol. The van der Waals surface area contributed by atoms with Gasteiger partial charge in [-0.2, -0.15) is 0 Å². The van der Waals surface area contributed by atoms with Gasteiger partial charge in [-0.1, -0.05) is 24.3 Å². The summed E-state index contributed by atoms with van der Waals surface area (Å²) in [5.41, 5.74) is 7.96. The number of benzene rings is 2. The van der Waals surface area contributed by atoms with Gasteiger partial charge < -0.3 is 15.6 Å². The number of anilines is 1. The summed E-state index contributed by atoms with van der Waals surface area (Å²) in [5, 5.41) is 9.51. The monoisotopic (exact) mass is 299 g/mol. The van der Waals surface area contributed by atoms with Crippen LogP contribution in [0.25, 0.3) is 0 Å². The molecule has 2 aromatic rings. The van der Waals surface area contributed by atoms with Crippen molar-refractivity contribution in [3.8, 4) is 5.75 Å². The molecule has 2 rings (SSSR count). The van der Waals surface area contributed by atoms with Gasteiger partial charge in [0.15, 0.2) is 0 Å². The minimum atomic E-state index is -0.847. The van der Waals surface area contributed by atoms with Crippen LogP contribution in [0, 0.1) is 0 Å². The number of nitrogen functional groups attached to an aromatic ring is 1. The number of nitrogens with two attached hydrogens (primary N) is 1. The van der Waals surface area contributed by atoms with Crippen LogP contribution in [0.2, 0.25) is 0 Å². The lowest BCUT2D eigenvalue weighted by Gasteiger charge is -2.15. The maximum absolute atomic E-state index is 11.6. The number of carbonyl (C=O) groups is 1. The van der Waals surface area contributed by atoms with Gasteiger partial charge in [-0.25, -0.2) is 0 Å². The maximum atomic E-state index is 11.6. The zero-order valence-corrected chi connectivity index (χ0v) is 12.8. The number of ether oxygens (including phenoxy) is 1. The van der Waals surface area contributed by atoms with E-state index in [1.807, 2.05) is 38.1 Å². The van der Waals surface area contributed by atoms with Gasteiger partial charge >= 0.3 is 5.97 Å². The van der Waals surface area contributed by atoms with Crippen LogP contribution in [-0.2, 0) is 11.2 Å². The Hall–Kier alpha value is -2.49. The molecule has 0 saturated heterocycles. The summed E-state index contributed by atoms with van der Waals surface area (Å²) in [7, 11) is 0. The van der Waals surface area contributed by atoms with Crippen LogP contribution in [0.5, 0.6) is 5.75 Å². The van der Waals surface area contributed by atoms with E-state index < -0.39 is 11.9 Å². The Bertz CT molecular complexity index is 635. The van der Waals surface area contributed by atoms with E-state index in [0.29, 0.717) is 12.1 Å². The third-order valence-corrected chi connectivity index (χ3v) is 3.35. The summed E-state index contributed by atoms with van der Waals surface area (Å²) < 4.78 is 5.65. The molecule has 0 heterocycles. The average Bonchev–Trinajstić information content (AvgIpc) is 2.45. The summed E-state index contributed by atoms with van der Waals surface area (Å²) in [6.07, 6.45) is 0.497. The molecule has 0 saturated carbocycles. The largest absolute Gasteiger partial charge is 0.491 e. The van der Waals surface area contributed by atoms with E-state index in [1.54, 1.807) is 24.3 Å². The smallest absolute Gasteiger partial charge is 0.311 e. The second kappa shape index (κ2) is 6.98. The van der Waals surface area contributed by atoms with Crippen molar-refractivity contribution in [2.24, 2.45) is 0 Å². The van der Waals surface area contributed by atoms with E-state index >= 15 is 0 Å². The Morgan fingerprint density at radius 1 is 1.18 bits per heavy atom. The van der Waals surface area contributed by atoms with E-state index in [9.17, 15) is 9.90 Å². The lowest BCUT2D eigenvalue weighted by molar-refractivity contribution is -0.138. The van der Waals surface area contributed by atoms with Crippen molar-refractivity contribution in [3.05, 3.63) is 59.7 Å². The number of carboxylic acids is 1. The van der Waals surface area contributed by atoms with Gasteiger partial charge in [0.1, 0.15) is 5.75 Å². The highest BCUT2D eigenvalue weighted by Crippen LogP contribution is 2.24. The summed E-state index contributed by atoms with van der Waals surface area (Å²) in [4.78, 5) is 11.6. The lowest BCUT2D eigenvalue weighted by atomic mass is 9.92. The van der Waals surface area contributed by atoms with Crippen LogP contribution in [0.4, 0.5) is 5.69 Å². The van der Waals surface area contributed by atoms with Crippen LogP contribution in [0.3, 0.4) is 0 Å². The number of hydrogen-bond donors (Lipinski definition) is 2. The molecule has 0 fully saturated rings. The van der Waals surface area contributed by atoms with Crippen LogP contribution < -0.4 is 10.5 Å². The molecule has 4 heteroatoms. The molecule has 0 aliphatic heterocycles. The zero-order chi connectivity index (χ0) is 16.1. The minimum Gasteiger partial charge on any atom is -0.491 e. The number of carboxylic acid groups (broad SMARTS) is 1. The fourth-order valence-electron chi connectivity index (χ4n) is 2.33. The van der Waals surface area contributed by atoms with Crippen molar-refractivity contribution in [1.29, 1.82) is 0 Å². The quantitative estimate of drug-likeness (QED) is 0.801. The van der Waals surface area contributed by atoms with Gasteiger partial charge in [-0.3, -0.25) is 4.79 Å². The molecule has 116 valence electrons. The highest BCUT2D eigenvalue weighted by Gasteiger charge is 2.20. The van der Waals surface area contributed by atoms with Gasteiger partial charge in [-0.05, 0) is 55.7 Å². The lowest BCUT2D eigenvalue weighted by Crippen LogP contribution is -2.14. The van der Waals surface area contributed by atoms with Gasteiger partial charge in [0.2, 0.25) is 0 Å². The second-order valence-electron chi connectivity index (χ2n) is 5.58. The van der Waals surface area contributed by atoms with Crippen molar-refractivity contribution in [2.75, 3.05) is 5.73 Å². The van der Waals surface area contributed by atoms with Gasteiger partial charge in [0.05, 0.1) is 12.0 Å². The van der Waals surface area contributed by atoms with Crippen LogP contribution in [-0.4, -0.2) is 17.2 Å². The first-order chi connectivity index (χ1) is 10.5. The number of aliphatic carboxylic acids is 1. The van der Waals surface area contributed by atoms with E-state index in [2.05, 4.69) is 0 Å². The third-order valence-electron chi connectivity index (χ3n) is 3.35. The molecule has 3 N–H and O–H groups in total. The second-order valence-corrected chi connectivity index (χ2v) is 5.58. The SMILES string of the molecule is CC(C)Oc1cccc(CC(C(=O)O)c2ccc(N)cc2)c1. The fourth-order valence-corrected chi connectivity index (χ4v) is 2.33. The predicted molar refractivity (Wildman–Crippen MR) is 87.1 cm³/mol. The molecule has 0 radical (unpaired) electrons. The summed E-state index contributed by atoms with van der Waals surface area (Å²) >= 11 is 0. The molecule has 2 aromatic carbocycles. The molecule has 1 atom stereocenters. The molecule has 0 aliphatic rings. The van der Waals surface area contributed by atoms with E-state index in [1.165, 1.54) is 0 Å². The molecule has 0 aromatic heterocycles. The fraction of sp³-hybridized carbons (Fsp3) is 0.278. The average molecular weight is 299 g/mol.